The molecule has 0 bridgehead atoms. The van der Waals surface area contributed by atoms with Gasteiger partial charge < -0.3 is 4.90 Å². The van der Waals surface area contributed by atoms with Crippen molar-refractivity contribution in [3.05, 3.63) is 71.3 Å². The molecular formula is C21H23NO2. The average Bonchev–Trinajstić information content (AvgIpc) is 3.44. The molecule has 124 valence electrons. The fourth-order valence-electron chi connectivity index (χ4n) is 2.84. The van der Waals surface area contributed by atoms with Crippen LogP contribution < -0.4 is 0 Å². The zero-order valence-corrected chi connectivity index (χ0v) is 14.1. The maximum Gasteiger partial charge on any atom is 0.223 e. The van der Waals surface area contributed by atoms with Crippen LogP contribution in [0.1, 0.15) is 47.2 Å². The van der Waals surface area contributed by atoms with Crippen molar-refractivity contribution < 1.29 is 9.59 Å². The lowest BCUT2D eigenvalue weighted by atomic mass is 10.0. The van der Waals surface area contributed by atoms with E-state index in [-0.39, 0.29) is 24.5 Å². The van der Waals surface area contributed by atoms with Gasteiger partial charge in [0.05, 0.1) is 0 Å². The Kier molecular flexibility index (Phi) is 5.09. The van der Waals surface area contributed by atoms with E-state index in [0.29, 0.717) is 18.2 Å². The number of benzene rings is 2. The Balaban J connectivity index is 1.57. The van der Waals surface area contributed by atoms with E-state index in [1.807, 2.05) is 66.4 Å². The van der Waals surface area contributed by atoms with Gasteiger partial charge in [0, 0.05) is 31.0 Å². The normalized spacial score (nSPS) is 13.5. The molecule has 0 aromatic heterocycles. The molecule has 2 aromatic rings. The molecule has 0 N–H and O–H groups in total. The van der Waals surface area contributed by atoms with Crippen LogP contribution in [-0.4, -0.2) is 22.6 Å². The van der Waals surface area contributed by atoms with E-state index in [1.54, 1.807) is 0 Å². The standard InChI is InChI=1S/C21H23NO2/c1-16-7-9-18(10-8-16)20(23)13-14-21(24)22(19-11-12-19)15-17-5-3-2-4-6-17/h2-10,19H,11-15H2,1H3. The van der Waals surface area contributed by atoms with Crippen molar-refractivity contribution in [1.29, 1.82) is 0 Å². The Morgan fingerprint density at radius 3 is 2.25 bits per heavy atom. The summed E-state index contributed by atoms with van der Waals surface area (Å²) in [6.07, 6.45) is 2.71. The van der Waals surface area contributed by atoms with Crippen LogP contribution in [0.3, 0.4) is 0 Å². The van der Waals surface area contributed by atoms with Gasteiger partial charge in [-0.05, 0) is 25.3 Å². The van der Waals surface area contributed by atoms with Gasteiger partial charge in [-0.1, -0.05) is 60.2 Å². The summed E-state index contributed by atoms with van der Waals surface area (Å²) in [4.78, 5) is 26.8. The fraction of sp³-hybridized carbons (Fsp3) is 0.333. The predicted octanol–water partition coefficient (Wildman–Crippen LogP) is 4.15. The van der Waals surface area contributed by atoms with Crippen LogP contribution in [0.2, 0.25) is 0 Å². The zero-order valence-electron chi connectivity index (χ0n) is 14.1. The number of carbonyl (C=O) groups excluding carboxylic acids is 2. The highest BCUT2D eigenvalue weighted by atomic mass is 16.2. The number of amides is 1. The van der Waals surface area contributed by atoms with Crippen LogP contribution in [-0.2, 0) is 11.3 Å². The topological polar surface area (TPSA) is 37.4 Å². The first kappa shape index (κ1) is 16.4. The molecule has 1 saturated carbocycles. The monoisotopic (exact) mass is 321 g/mol. The largest absolute Gasteiger partial charge is 0.335 e. The van der Waals surface area contributed by atoms with Crippen molar-refractivity contribution in [2.45, 2.75) is 45.2 Å². The summed E-state index contributed by atoms with van der Waals surface area (Å²) in [5.41, 5.74) is 2.96. The Hall–Kier alpha value is -2.42. The SMILES string of the molecule is Cc1ccc(C(=O)CCC(=O)N(Cc2ccccc2)C2CC2)cc1. The highest BCUT2D eigenvalue weighted by molar-refractivity contribution is 5.98. The van der Waals surface area contributed by atoms with Gasteiger partial charge in [0.15, 0.2) is 5.78 Å². The first-order valence-corrected chi connectivity index (χ1v) is 8.57. The lowest BCUT2D eigenvalue weighted by Gasteiger charge is -2.22. The molecule has 2 aromatic carbocycles. The molecular weight excluding hydrogens is 298 g/mol. The van der Waals surface area contributed by atoms with Gasteiger partial charge in [-0.2, -0.15) is 0 Å². The number of hydrogen-bond acceptors (Lipinski definition) is 2. The summed E-state index contributed by atoms with van der Waals surface area (Å²) >= 11 is 0. The number of rotatable bonds is 7. The van der Waals surface area contributed by atoms with Crippen molar-refractivity contribution in [2.75, 3.05) is 0 Å². The molecule has 0 aliphatic heterocycles. The molecule has 24 heavy (non-hydrogen) atoms. The number of Topliss-reactive ketones (excluding diaryl/α,β-unsaturated/α-hetero) is 1. The second-order valence-electron chi connectivity index (χ2n) is 6.53. The molecule has 1 fully saturated rings. The molecule has 0 radical (unpaired) electrons. The molecule has 0 heterocycles. The van der Waals surface area contributed by atoms with Gasteiger partial charge in [-0.15, -0.1) is 0 Å². The van der Waals surface area contributed by atoms with Gasteiger partial charge in [0.2, 0.25) is 5.91 Å². The fourth-order valence-corrected chi connectivity index (χ4v) is 2.84. The molecule has 0 saturated heterocycles. The maximum atomic E-state index is 12.6. The van der Waals surface area contributed by atoms with E-state index in [2.05, 4.69) is 0 Å². The van der Waals surface area contributed by atoms with Crippen LogP contribution in [0.4, 0.5) is 0 Å². The molecule has 0 unspecified atom stereocenters. The van der Waals surface area contributed by atoms with E-state index in [0.717, 1.165) is 24.0 Å². The molecule has 3 nitrogen and oxygen atoms in total. The zero-order chi connectivity index (χ0) is 16.9. The highest BCUT2D eigenvalue weighted by Gasteiger charge is 2.32. The minimum Gasteiger partial charge on any atom is -0.335 e. The summed E-state index contributed by atoms with van der Waals surface area (Å²) in [6, 6.07) is 17.9. The molecule has 1 amide bonds. The van der Waals surface area contributed by atoms with Crippen LogP contribution in [0.25, 0.3) is 0 Å². The van der Waals surface area contributed by atoms with Crippen molar-refractivity contribution in [3.63, 3.8) is 0 Å². The Morgan fingerprint density at radius 1 is 0.958 bits per heavy atom. The third kappa shape index (κ3) is 4.31. The minimum atomic E-state index is 0.0406. The third-order valence-electron chi connectivity index (χ3n) is 4.44. The summed E-state index contributed by atoms with van der Waals surface area (Å²) in [7, 11) is 0. The lowest BCUT2D eigenvalue weighted by Crippen LogP contribution is -2.32. The Morgan fingerprint density at radius 2 is 1.62 bits per heavy atom. The number of nitrogens with zero attached hydrogens (tertiary/aromatic N) is 1. The molecule has 0 spiro atoms. The molecule has 0 atom stereocenters. The minimum absolute atomic E-state index is 0.0406. The summed E-state index contributed by atoms with van der Waals surface area (Å²) < 4.78 is 0. The van der Waals surface area contributed by atoms with Crippen LogP contribution in [0.5, 0.6) is 0 Å². The predicted molar refractivity (Wildman–Crippen MR) is 94.8 cm³/mol. The molecule has 1 aliphatic carbocycles. The quantitative estimate of drug-likeness (QED) is 0.718. The molecule has 1 aliphatic rings. The first-order valence-electron chi connectivity index (χ1n) is 8.57. The summed E-state index contributed by atoms with van der Waals surface area (Å²) in [5.74, 6) is 0.126. The van der Waals surface area contributed by atoms with E-state index in [1.165, 1.54) is 0 Å². The van der Waals surface area contributed by atoms with E-state index >= 15 is 0 Å². The highest BCUT2D eigenvalue weighted by Crippen LogP contribution is 2.29. The number of aryl methyl sites for hydroxylation is 1. The van der Waals surface area contributed by atoms with Crippen LogP contribution >= 0.6 is 0 Å². The maximum absolute atomic E-state index is 12.6. The lowest BCUT2D eigenvalue weighted by molar-refractivity contribution is -0.132. The van der Waals surface area contributed by atoms with Gasteiger partial charge in [-0.25, -0.2) is 0 Å². The second kappa shape index (κ2) is 7.43. The van der Waals surface area contributed by atoms with Gasteiger partial charge >= 0.3 is 0 Å². The second-order valence-corrected chi connectivity index (χ2v) is 6.53. The van der Waals surface area contributed by atoms with Gasteiger partial charge in [0.1, 0.15) is 0 Å². The van der Waals surface area contributed by atoms with E-state index in [4.69, 9.17) is 0 Å². The first-order chi connectivity index (χ1) is 11.6. The third-order valence-corrected chi connectivity index (χ3v) is 4.44. The van der Waals surface area contributed by atoms with E-state index in [9.17, 15) is 9.59 Å². The van der Waals surface area contributed by atoms with Crippen LogP contribution in [0, 0.1) is 6.92 Å². The average molecular weight is 321 g/mol. The van der Waals surface area contributed by atoms with Crippen molar-refractivity contribution >= 4 is 11.7 Å². The summed E-state index contributed by atoms with van der Waals surface area (Å²) in [6.45, 7) is 2.64. The Labute approximate surface area is 143 Å². The van der Waals surface area contributed by atoms with Crippen molar-refractivity contribution in [3.8, 4) is 0 Å². The molecule has 3 rings (SSSR count). The number of carbonyl (C=O) groups is 2. The van der Waals surface area contributed by atoms with Crippen LogP contribution in [0.15, 0.2) is 54.6 Å². The van der Waals surface area contributed by atoms with Gasteiger partial charge in [0.25, 0.3) is 0 Å². The number of ketones is 1. The van der Waals surface area contributed by atoms with Crippen molar-refractivity contribution in [1.82, 2.24) is 4.90 Å². The number of hydrogen-bond donors (Lipinski definition) is 0. The van der Waals surface area contributed by atoms with E-state index < -0.39 is 0 Å². The van der Waals surface area contributed by atoms with Crippen molar-refractivity contribution in [2.24, 2.45) is 0 Å². The Bertz CT molecular complexity index is 702. The van der Waals surface area contributed by atoms with Gasteiger partial charge in [-0.3, -0.25) is 9.59 Å². The molecule has 3 heteroatoms. The smallest absolute Gasteiger partial charge is 0.223 e. The summed E-state index contributed by atoms with van der Waals surface area (Å²) in [5, 5.41) is 0.